The topological polar surface area (TPSA) is 95.0 Å². The predicted octanol–water partition coefficient (Wildman–Crippen LogP) is 0.0319. The number of nitrogens with zero attached hydrogens (tertiary/aromatic N) is 1. The molecule has 22 heavy (non-hydrogen) atoms. The highest BCUT2D eigenvalue weighted by Gasteiger charge is 2.08. The van der Waals surface area contributed by atoms with E-state index in [9.17, 15) is 9.90 Å². The Hall–Kier alpha value is -2.35. The van der Waals surface area contributed by atoms with Gasteiger partial charge in [0.2, 0.25) is 0 Å². The van der Waals surface area contributed by atoms with Crippen molar-refractivity contribution < 1.29 is 19.4 Å². The first-order valence-corrected chi connectivity index (χ1v) is 6.98. The number of carboxylic acids is 1. The fourth-order valence-corrected chi connectivity index (χ4v) is 1.74. The van der Waals surface area contributed by atoms with E-state index < -0.39 is 12.6 Å². The van der Waals surface area contributed by atoms with Gasteiger partial charge < -0.3 is 24.7 Å². The van der Waals surface area contributed by atoms with Crippen LogP contribution in [0.4, 0.5) is 0 Å². The summed E-state index contributed by atoms with van der Waals surface area (Å²) in [5, 5.41) is 17.9. The zero-order valence-corrected chi connectivity index (χ0v) is 13.5. The van der Waals surface area contributed by atoms with Crippen LogP contribution in [0.15, 0.2) is 23.3 Å². The van der Waals surface area contributed by atoms with Crippen molar-refractivity contribution in [1.82, 2.24) is 10.7 Å². The Labute approximate surface area is 134 Å². The molecule has 0 atom stereocenters. The molecule has 0 saturated heterocycles. The van der Waals surface area contributed by atoms with E-state index in [4.69, 9.17) is 21.7 Å². The molecule has 120 valence electrons. The zero-order valence-electron chi connectivity index (χ0n) is 12.6. The fourth-order valence-electron chi connectivity index (χ4n) is 1.55. The smallest absolute Gasteiger partial charge is 0.186 e. The van der Waals surface area contributed by atoms with E-state index in [0.29, 0.717) is 28.9 Å². The van der Waals surface area contributed by atoms with Gasteiger partial charge >= 0.3 is 0 Å². The Bertz CT molecular complexity index is 575. The Morgan fingerprint density at radius 2 is 2.14 bits per heavy atom. The van der Waals surface area contributed by atoms with Gasteiger partial charge in [0.25, 0.3) is 0 Å². The van der Waals surface area contributed by atoms with Crippen molar-refractivity contribution in [3.63, 3.8) is 0 Å². The van der Waals surface area contributed by atoms with Crippen LogP contribution in [0.2, 0.25) is 0 Å². The summed E-state index contributed by atoms with van der Waals surface area (Å²) in [4.78, 5) is 10.4. The summed E-state index contributed by atoms with van der Waals surface area (Å²) >= 11 is 5.01. The molecule has 0 unspecified atom stereocenters. The van der Waals surface area contributed by atoms with Crippen LogP contribution in [0.1, 0.15) is 19.4 Å². The molecule has 0 radical (unpaired) electrons. The summed E-state index contributed by atoms with van der Waals surface area (Å²) in [6.07, 6.45) is 0. The molecule has 0 fully saturated rings. The number of hydrogen-bond donors (Lipinski definition) is 2. The second-order valence-corrected chi connectivity index (χ2v) is 4.60. The van der Waals surface area contributed by atoms with Crippen LogP contribution < -0.4 is 25.3 Å². The van der Waals surface area contributed by atoms with Gasteiger partial charge in [-0.2, -0.15) is 5.10 Å². The molecule has 0 saturated carbocycles. The van der Waals surface area contributed by atoms with Crippen LogP contribution in [-0.4, -0.2) is 37.1 Å². The van der Waals surface area contributed by atoms with Gasteiger partial charge in [0.05, 0.1) is 18.8 Å². The average Bonchev–Trinajstić information content (AvgIpc) is 2.50. The predicted molar refractivity (Wildman–Crippen MR) is 85.1 cm³/mol. The van der Waals surface area contributed by atoms with Crippen molar-refractivity contribution in [2.24, 2.45) is 5.10 Å². The first-order valence-electron chi connectivity index (χ1n) is 6.57. The van der Waals surface area contributed by atoms with E-state index in [-0.39, 0.29) is 0 Å². The molecule has 1 aromatic rings. The second kappa shape index (κ2) is 8.83. The maximum Gasteiger partial charge on any atom is 0.186 e. The maximum absolute atomic E-state index is 10.4. The number of benzene rings is 1. The molecule has 1 aromatic carbocycles. The van der Waals surface area contributed by atoms with Crippen molar-refractivity contribution >= 4 is 29.0 Å². The summed E-state index contributed by atoms with van der Waals surface area (Å²) in [5.74, 6) is -0.577. The van der Waals surface area contributed by atoms with Gasteiger partial charge in [0.15, 0.2) is 16.6 Å². The normalized spacial score (nSPS) is 10.8. The lowest BCUT2D eigenvalue weighted by molar-refractivity contribution is -0.307. The third kappa shape index (κ3) is 5.57. The number of rotatable bonds is 7. The van der Waals surface area contributed by atoms with Gasteiger partial charge in [-0.05, 0) is 44.3 Å². The molecule has 0 aliphatic heterocycles. The van der Waals surface area contributed by atoms with Crippen molar-refractivity contribution in [3.8, 4) is 11.5 Å². The van der Waals surface area contributed by atoms with E-state index in [2.05, 4.69) is 15.8 Å². The number of nitrogens with one attached hydrogen (secondary N) is 2. The number of hydrogen-bond acceptors (Lipinski definition) is 6. The minimum Gasteiger partial charge on any atom is -0.546 e. The first-order chi connectivity index (χ1) is 10.5. The van der Waals surface area contributed by atoms with Crippen molar-refractivity contribution in [3.05, 3.63) is 23.8 Å². The molecule has 0 spiro atoms. The van der Waals surface area contributed by atoms with E-state index in [0.717, 1.165) is 5.56 Å². The van der Waals surface area contributed by atoms with E-state index in [1.807, 2.05) is 6.92 Å². The van der Waals surface area contributed by atoms with E-state index in [1.54, 1.807) is 25.1 Å². The van der Waals surface area contributed by atoms with Crippen molar-refractivity contribution in [1.29, 1.82) is 0 Å². The van der Waals surface area contributed by atoms with Crippen LogP contribution in [0.5, 0.6) is 11.5 Å². The Morgan fingerprint density at radius 1 is 1.41 bits per heavy atom. The SMILES string of the molecule is CCNC(=S)N/N=C(/C)c1ccc(OCC(=O)[O-])c(OC)c1. The monoisotopic (exact) mass is 324 g/mol. The minimum absolute atomic E-state index is 0.319. The van der Waals surface area contributed by atoms with Gasteiger partial charge in [-0.1, -0.05) is 0 Å². The second-order valence-electron chi connectivity index (χ2n) is 4.19. The number of methoxy groups -OCH3 is 1. The maximum atomic E-state index is 10.4. The lowest BCUT2D eigenvalue weighted by Gasteiger charge is -2.12. The summed E-state index contributed by atoms with van der Waals surface area (Å²) in [6, 6.07) is 5.05. The highest BCUT2D eigenvalue weighted by molar-refractivity contribution is 7.80. The molecule has 0 aliphatic rings. The summed E-state index contributed by atoms with van der Waals surface area (Å²) in [7, 11) is 1.47. The van der Waals surface area contributed by atoms with Gasteiger partial charge in [-0.15, -0.1) is 0 Å². The number of hydrazone groups is 1. The van der Waals surface area contributed by atoms with Crippen LogP contribution in [-0.2, 0) is 4.79 Å². The molecule has 7 nitrogen and oxygen atoms in total. The van der Waals surface area contributed by atoms with Gasteiger partial charge in [0.1, 0.15) is 6.61 Å². The van der Waals surface area contributed by atoms with Gasteiger partial charge in [-0.25, -0.2) is 0 Å². The van der Waals surface area contributed by atoms with Crippen LogP contribution >= 0.6 is 12.2 Å². The number of carbonyl (C=O) groups is 1. The number of ether oxygens (including phenoxy) is 2. The zero-order chi connectivity index (χ0) is 16.5. The third-order valence-electron chi connectivity index (χ3n) is 2.59. The van der Waals surface area contributed by atoms with Crippen molar-refractivity contribution in [2.75, 3.05) is 20.3 Å². The Kier molecular flexibility index (Phi) is 7.11. The molecule has 2 N–H and O–H groups in total. The molecule has 0 bridgehead atoms. The van der Waals surface area contributed by atoms with E-state index in [1.165, 1.54) is 7.11 Å². The number of carbonyl (C=O) groups excluding carboxylic acids is 1. The molecule has 0 aromatic heterocycles. The summed E-state index contributed by atoms with van der Waals surface area (Å²) in [5.41, 5.74) is 4.19. The Balaban J connectivity index is 2.85. The highest BCUT2D eigenvalue weighted by Crippen LogP contribution is 2.28. The molecule has 1 rings (SSSR count). The van der Waals surface area contributed by atoms with Gasteiger partial charge in [0, 0.05) is 12.1 Å². The van der Waals surface area contributed by atoms with Crippen LogP contribution in [0, 0.1) is 0 Å². The van der Waals surface area contributed by atoms with Crippen LogP contribution in [0.25, 0.3) is 0 Å². The standard InChI is InChI=1S/C14H19N3O4S/c1-4-15-14(22)17-16-9(2)10-5-6-11(12(7-10)20-3)21-8-13(18)19/h5-7H,4,8H2,1-3H3,(H,18,19)(H2,15,17,22)/p-1/b16-9-. The number of aliphatic carboxylic acids is 1. The summed E-state index contributed by atoms with van der Waals surface area (Å²) < 4.78 is 10.3. The molecule has 0 heterocycles. The van der Waals surface area contributed by atoms with Crippen LogP contribution in [0.3, 0.4) is 0 Å². The fraction of sp³-hybridized carbons (Fsp3) is 0.357. The quantitative estimate of drug-likeness (QED) is 0.415. The molecular formula is C14H18N3O4S-. The Morgan fingerprint density at radius 3 is 2.73 bits per heavy atom. The average molecular weight is 324 g/mol. The molecule has 8 heteroatoms. The minimum atomic E-state index is -1.30. The molecule has 0 aliphatic carbocycles. The number of thiocarbonyl (C=S) groups is 1. The molecule has 0 amide bonds. The number of carboxylic acid groups (broad SMARTS) is 1. The highest BCUT2D eigenvalue weighted by atomic mass is 32.1. The summed E-state index contributed by atoms with van der Waals surface area (Å²) in [6.45, 7) is 3.90. The largest absolute Gasteiger partial charge is 0.546 e. The van der Waals surface area contributed by atoms with E-state index >= 15 is 0 Å². The first kappa shape index (κ1) is 17.7. The van der Waals surface area contributed by atoms with Gasteiger partial charge in [-0.3, -0.25) is 5.43 Å². The molecular weight excluding hydrogens is 306 g/mol. The lowest BCUT2D eigenvalue weighted by atomic mass is 10.1. The van der Waals surface area contributed by atoms with Crippen molar-refractivity contribution in [2.45, 2.75) is 13.8 Å². The third-order valence-corrected chi connectivity index (χ3v) is 2.83. The lowest BCUT2D eigenvalue weighted by Crippen LogP contribution is -2.32.